The molecule has 0 bridgehead atoms. The fourth-order valence-corrected chi connectivity index (χ4v) is 3.30. The third-order valence-corrected chi connectivity index (χ3v) is 4.69. The fourth-order valence-electron chi connectivity index (χ4n) is 3.30. The van der Waals surface area contributed by atoms with Gasteiger partial charge in [0.1, 0.15) is 11.9 Å². The third kappa shape index (κ3) is 2.91. The standard InChI is InChI=1S/C18H21N5O2/c1-13-5-4-6-14(11-13)22-7-9-23(10-8-22)16-15(12-19)17(24)21(3)18(25)20(16)2/h4-6,11H,7-10H2,1-3H3. The molecule has 0 N–H and O–H groups in total. The van der Waals surface area contributed by atoms with Gasteiger partial charge < -0.3 is 9.80 Å². The Morgan fingerprint density at radius 1 is 1.00 bits per heavy atom. The van der Waals surface area contributed by atoms with Gasteiger partial charge in [-0.3, -0.25) is 13.9 Å². The van der Waals surface area contributed by atoms with Gasteiger partial charge in [0, 0.05) is 46.0 Å². The van der Waals surface area contributed by atoms with Crippen LogP contribution in [0.25, 0.3) is 0 Å². The number of hydrogen-bond acceptors (Lipinski definition) is 5. The Hall–Kier alpha value is -3.01. The quantitative estimate of drug-likeness (QED) is 0.801. The molecule has 130 valence electrons. The smallest absolute Gasteiger partial charge is 0.332 e. The van der Waals surface area contributed by atoms with Crippen molar-refractivity contribution in [1.29, 1.82) is 5.26 Å². The summed E-state index contributed by atoms with van der Waals surface area (Å²) in [7, 11) is 3.00. The zero-order valence-corrected chi connectivity index (χ0v) is 14.7. The van der Waals surface area contributed by atoms with Gasteiger partial charge in [0.15, 0.2) is 5.56 Å². The first-order valence-electron chi connectivity index (χ1n) is 8.20. The molecule has 25 heavy (non-hydrogen) atoms. The van der Waals surface area contributed by atoms with Gasteiger partial charge in [-0.15, -0.1) is 0 Å². The third-order valence-electron chi connectivity index (χ3n) is 4.69. The molecule has 1 fully saturated rings. The van der Waals surface area contributed by atoms with Crippen molar-refractivity contribution in [2.24, 2.45) is 14.1 Å². The summed E-state index contributed by atoms with van der Waals surface area (Å²) in [5, 5.41) is 9.41. The summed E-state index contributed by atoms with van der Waals surface area (Å²) in [5.74, 6) is 0.416. The van der Waals surface area contributed by atoms with Crippen LogP contribution in [0.1, 0.15) is 11.1 Å². The summed E-state index contributed by atoms with van der Waals surface area (Å²) >= 11 is 0. The van der Waals surface area contributed by atoms with Crippen LogP contribution in [0.5, 0.6) is 0 Å². The van der Waals surface area contributed by atoms with Crippen molar-refractivity contribution in [3.63, 3.8) is 0 Å². The van der Waals surface area contributed by atoms with Crippen LogP contribution in [-0.2, 0) is 14.1 Å². The van der Waals surface area contributed by atoms with Crippen LogP contribution < -0.4 is 21.0 Å². The lowest BCUT2D eigenvalue weighted by molar-refractivity contribution is 0.608. The first kappa shape index (κ1) is 16.8. The molecule has 1 aliphatic rings. The minimum atomic E-state index is -0.540. The molecule has 2 heterocycles. The second kappa shape index (κ2) is 6.48. The second-order valence-electron chi connectivity index (χ2n) is 6.33. The zero-order chi connectivity index (χ0) is 18.1. The number of aromatic nitrogens is 2. The first-order valence-corrected chi connectivity index (χ1v) is 8.20. The van der Waals surface area contributed by atoms with Gasteiger partial charge in [-0.1, -0.05) is 12.1 Å². The van der Waals surface area contributed by atoms with Crippen molar-refractivity contribution in [3.05, 3.63) is 56.2 Å². The van der Waals surface area contributed by atoms with E-state index in [4.69, 9.17) is 0 Å². The van der Waals surface area contributed by atoms with E-state index in [9.17, 15) is 14.9 Å². The van der Waals surface area contributed by atoms with E-state index in [0.717, 1.165) is 23.3 Å². The molecule has 2 aromatic rings. The Labute approximate surface area is 145 Å². The van der Waals surface area contributed by atoms with Gasteiger partial charge in [-0.25, -0.2) is 4.79 Å². The Morgan fingerprint density at radius 3 is 2.24 bits per heavy atom. The molecule has 0 amide bonds. The summed E-state index contributed by atoms with van der Waals surface area (Å²) < 4.78 is 2.37. The number of nitrogens with zero attached hydrogens (tertiary/aromatic N) is 5. The molecule has 1 aromatic heterocycles. The fraction of sp³-hybridized carbons (Fsp3) is 0.389. The summed E-state index contributed by atoms with van der Waals surface area (Å²) in [6.45, 7) is 4.87. The van der Waals surface area contributed by atoms with Gasteiger partial charge in [-0.05, 0) is 24.6 Å². The minimum absolute atomic E-state index is 0.0219. The van der Waals surface area contributed by atoms with E-state index in [0.29, 0.717) is 18.9 Å². The van der Waals surface area contributed by atoms with Crippen molar-refractivity contribution in [3.8, 4) is 6.07 Å². The van der Waals surface area contributed by atoms with Crippen molar-refractivity contribution < 1.29 is 0 Å². The van der Waals surface area contributed by atoms with E-state index in [-0.39, 0.29) is 5.56 Å². The van der Waals surface area contributed by atoms with Crippen LogP contribution in [0, 0.1) is 18.3 Å². The number of aryl methyl sites for hydroxylation is 1. The van der Waals surface area contributed by atoms with Crippen LogP contribution >= 0.6 is 0 Å². The zero-order valence-electron chi connectivity index (χ0n) is 14.7. The molecule has 1 aromatic carbocycles. The minimum Gasteiger partial charge on any atom is -0.368 e. The predicted molar refractivity (Wildman–Crippen MR) is 97.2 cm³/mol. The molecule has 0 unspecified atom stereocenters. The van der Waals surface area contributed by atoms with E-state index >= 15 is 0 Å². The molecule has 0 radical (unpaired) electrons. The SMILES string of the molecule is Cc1cccc(N2CCN(c3c(C#N)c(=O)n(C)c(=O)n3C)CC2)c1. The molecule has 7 heteroatoms. The highest BCUT2D eigenvalue weighted by Crippen LogP contribution is 2.21. The highest BCUT2D eigenvalue weighted by atomic mass is 16.2. The highest BCUT2D eigenvalue weighted by molar-refractivity contribution is 5.56. The van der Waals surface area contributed by atoms with Crippen LogP contribution in [0.2, 0.25) is 0 Å². The van der Waals surface area contributed by atoms with Gasteiger partial charge in [0.05, 0.1) is 0 Å². The molecular weight excluding hydrogens is 318 g/mol. The predicted octanol–water partition coefficient (Wildman–Crippen LogP) is 0.591. The Kier molecular flexibility index (Phi) is 4.36. The van der Waals surface area contributed by atoms with Gasteiger partial charge >= 0.3 is 5.69 Å². The van der Waals surface area contributed by atoms with Gasteiger partial charge in [0.25, 0.3) is 5.56 Å². The monoisotopic (exact) mass is 339 g/mol. The first-order chi connectivity index (χ1) is 11.9. The van der Waals surface area contributed by atoms with Gasteiger partial charge in [-0.2, -0.15) is 5.26 Å². The number of anilines is 2. The van der Waals surface area contributed by atoms with E-state index in [2.05, 4.69) is 30.0 Å². The van der Waals surface area contributed by atoms with Crippen molar-refractivity contribution in [2.75, 3.05) is 36.0 Å². The molecule has 3 rings (SSSR count). The molecule has 0 spiro atoms. The average molecular weight is 339 g/mol. The molecule has 0 atom stereocenters. The normalized spacial score (nSPS) is 14.5. The molecule has 0 saturated carbocycles. The maximum atomic E-state index is 12.2. The lowest BCUT2D eigenvalue weighted by Gasteiger charge is -2.38. The number of rotatable bonds is 2. The van der Waals surface area contributed by atoms with E-state index in [1.165, 1.54) is 17.2 Å². The second-order valence-corrected chi connectivity index (χ2v) is 6.33. The molecule has 1 saturated heterocycles. The lowest BCUT2D eigenvalue weighted by atomic mass is 10.2. The number of piperazine rings is 1. The van der Waals surface area contributed by atoms with Crippen LogP contribution in [0.3, 0.4) is 0 Å². The van der Waals surface area contributed by atoms with E-state index in [1.807, 2.05) is 17.0 Å². The maximum Gasteiger partial charge on any atom is 0.332 e. The highest BCUT2D eigenvalue weighted by Gasteiger charge is 2.24. The van der Waals surface area contributed by atoms with Crippen LogP contribution in [0.4, 0.5) is 11.5 Å². The summed E-state index contributed by atoms with van der Waals surface area (Å²) in [4.78, 5) is 28.7. The molecule has 7 nitrogen and oxygen atoms in total. The van der Waals surface area contributed by atoms with Crippen molar-refractivity contribution >= 4 is 11.5 Å². The van der Waals surface area contributed by atoms with Crippen molar-refractivity contribution in [1.82, 2.24) is 9.13 Å². The average Bonchev–Trinajstić information content (AvgIpc) is 2.63. The Balaban J connectivity index is 1.90. The van der Waals surface area contributed by atoms with Crippen LogP contribution in [-0.4, -0.2) is 35.3 Å². The molecule has 0 aliphatic carbocycles. The molecule has 1 aliphatic heterocycles. The van der Waals surface area contributed by atoms with Crippen LogP contribution in [0.15, 0.2) is 33.9 Å². The molecular formula is C18H21N5O2. The maximum absolute atomic E-state index is 12.2. The number of benzene rings is 1. The van der Waals surface area contributed by atoms with E-state index in [1.54, 1.807) is 7.05 Å². The lowest BCUT2D eigenvalue weighted by Crippen LogP contribution is -2.50. The van der Waals surface area contributed by atoms with E-state index < -0.39 is 11.2 Å². The largest absolute Gasteiger partial charge is 0.368 e. The van der Waals surface area contributed by atoms with Crippen molar-refractivity contribution in [2.45, 2.75) is 6.92 Å². The number of nitriles is 1. The summed E-state index contributed by atoms with van der Waals surface area (Å²) in [5.41, 5.74) is 1.44. The summed E-state index contributed by atoms with van der Waals surface area (Å²) in [6, 6.07) is 10.3. The Bertz CT molecular complexity index is 959. The van der Waals surface area contributed by atoms with Gasteiger partial charge in [0.2, 0.25) is 0 Å². The number of hydrogen-bond donors (Lipinski definition) is 0. The Morgan fingerprint density at radius 2 is 1.64 bits per heavy atom. The summed E-state index contributed by atoms with van der Waals surface area (Å²) in [6.07, 6.45) is 0. The topological polar surface area (TPSA) is 74.3 Å².